The maximum atomic E-state index is 11.6. The third-order valence-corrected chi connectivity index (χ3v) is 3.86. The van der Waals surface area contributed by atoms with E-state index in [2.05, 4.69) is 27.2 Å². The molecular weight excluding hydrogens is 423 g/mol. The molecule has 1 rings (SSSR count). The lowest BCUT2D eigenvalue weighted by atomic mass is 10.1. The molecule has 0 aliphatic rings. The molecule has 130 valence electrons. The fourth-order valence-electron chi connectivity index (χ4n) is 1.98. The van der Waals surface area contributed by atoms with Crippen molar-refractivity contribution in [3.8, 4) is 0 Å². The summed E-state index contributed by atoms with van der Waals surface area (Å²) in [6.45, 7) is 1.70. The first kappa shape index (κ1) is 22.0. The SMILES string of the molecule is CN=C(NCCCSC)NCCc1cccc(C(=O)NC)c1.I. The minimum absolute atomic E-state index is 0. The molecule has 0 aliphatic heterocycles. The zero-order chi connectivity index (χ0) is 16.2. The highest BCUT2D eigenvalue weighted by Crippen LogP contribution is 2.05. The first-order valence-electron chi connectivity index (χ1n) is 7.45. The van der Waals surface area contributed by atoms with Gasteiger partial charge in [-0.2, -0.15) is 11.8 Å². The Morgan fingerprint density at radius 2 is 2.00 bits per heavy atom. The van der Waals surface area contributed by atoms with Crippen molar-refractivity contribution in [1.29, 1.82) is 0 Å². The highest BCUT2D eigenvalue weighted by molar-refractivity contribution is 14.0. The van der Waals surface area contributed by atoms with Crippen molar-refractivity contribution in [1.82, 2.24) is 16.0 Å². The summed E-state index contributed by atoms with van der Waals surface area (Å²) in [6.07, 6.45) is 4.08. The Hall–Kier alpha value is -0.960. The molecule has 0 bridgehead atoms. The summed E-state index contributed by atoms with van der Waals surface area (Å²) in [6, 6.07) is 7.69. The lowest BCUT2D eigenvalue weighted by Gasteiger charge is -2.12. The molecule has 0 aliphatic carbocycles. The van der Waals surface area contributed by atoms with Crippen LogP contribution in [0.25, 0.3) is 0 Å². The van der Waals surface area contributed by atoms with Crippen LogP contribution >= 0.6 is 35.7 Å². The number of carbonyl (C=O) groups is 1. The number of halogens is 1. The zero-order valence-electron chi connectivity index (χ0n) is 14.0. The topological polar surface area (TPSA) is 65.5 Å². The molecule has 0 spiro atoms. The quantitative estimate of drug-likeness (QED) is 0.246. The summed E-state index contributed by atoms with van der Waals surface area (Å²) in [5.41, 5.74) is 1.83. The molecule has 0 saturated heterocycles. The van der Waals surface area contributed by atoms with E-state index >= 15 is 0 Å². The second-order valence-electron chi connectivity index (χ2n) is 4.80. The standard InChI is InChI=1S/C16H26N4OS.HI/c1-17-15(21)14-7-4-6-13(12-14)8-10-20-16(18-2)19-9-5-11-22-3;/h4,6-7,12H,5,8-11H2,1-3H3,(H,17,21)(H2,18,19,20);1H. The Bertz CT molecular complexity index is 497. The van der Waals surface area contributed by atoms with Crippen LogP contribution in [0.2, 0.25) is 0 Å². The van der Waals surface area contributed by atoms with Crippen LogP contribution in [0.15, 0.2) is 29.3 Å². The fourth-order valence-corrected chi connectivity index (χ4v) is 2.41. The summed E-state index contributed by atoms with van der Waals surface area (Å²) in [4.78, 5) is 15.8. The first-order valence-corrected chi connectivity index (χ1v) is 8.85. The molecule has 7 heteroatoms. The molecule has 0 heterocycles. The molecule has 0 fully saturated rings. The Labute approximate surface area is 160 Å². The van der Waals surface area contributed by atoms with Gasteiger partial charge >= 0.3 is 0 Å². The van der Waals surface area contributed by atoms with E-state index in [9.17, 15) is 4.79 Å². The number of rotatable bonds is 8. The van der Waals surface area contributed by atoms with Crippen LogP contribution < -0.4 is 16.0 Å². The minimum atomic E-state index is -0.0546. The molecule has 23 heavy (non-hydrogen) atoms. The van der Waals surface area contributed by atoms with Gasteiger partial charge < -0.3 is 16.0 Å². The lowest BCUT2D eigenvalue weighted by molar-refractivity contribution is 0.0963. The Kier molecular flexibility index (Phi) is 12.9. The van der Waals surface area contributed by atoms with Crippen LogP contribution in [0.3, 0.4) is 0 Å². The van der Waals surface area contributed by atoms with E-state index in [1.807, 2.05) is 36.0 Å². The van der Waals surface area contributed by atoms with Crippen LogP contribution in [-0.4, -0.2) is 51.1 Å². The normalized spacial score (nSPS) is 10.7. The van der Waals surface area contributed by atoms with E-state index in [0.717, 1.165) is 43.2 Å². The van der Waals surface area contributed by atoms with E-state index in [4.69, 9.17) is 0 Å². The molecule has 0 radical (unpaired) electrons. The van der Waals surface area contributed by atoms with Crippen molar-refractivity contribution in [2.75, 3.05) is 39.2 Å². The Morgan fingerprint density at radius 3 is 2.65 bits per heavy atom. The minimum Gasteiger partial charge on any atom is -0.356 e. The van der Waals surface area contributed by atoms with E-state index < -0.39 is 0 Å². The number of carbonyl (C=O) groups excluding carboxylic acids is 1. The number of nitrogens with zero attached hydrogens (tertiary/aromatic N) is 1. The Balaban J connectivity index is 0.00000484. The molecule has 3 N–H and O–H groups in total. The number of hydrogen-bond donors (Lipinski definition) is 3. The average molecular weight is 450 g/mol. The molecule has 0 saturated carbocycles. The molecular formula is C16H27IN4OS. The van der Waals surface area contributed by atoms with Gasteiger partial charge in [-0.3, -0.25) is 9.79 Å². The smallest absolute Gasteiger partial charge is 0.251 e. The second kappa shape index (κ2) is 13.5. The second-order valence-corrected chi connectivity index (χ2v) is 5.79. The van der Waals surface area contributed by atoms with Crippen LogP contribution in [0, 0.1) is 0 Å². The summed E-state index contributed by atoms with van der Waals surface area (Å²) in [5, 5.41) is 9.22. The molecule has 1 amide bonds. The maximum absolute atomic E-state index is 11.6. The number of thioether (sulfide) groups is 1. The number of hydrogen-bond acceptors (Lipinski definition) is 3. The predicted octanol–water partition coefficient (Wildman–Crippen LogP) is 2.12. The van der Waals surface area contributed by atoms with E-state index in [1.54, 1.807) is 14.1 Å². The number of aliphatic imine (C=N–C) groups is 1. The third-order valence-electron chi connectivity index (χ3n) is 3.16. The van der Waals surface area contributed by atoms with Gasteiger partial charge in [-0.05, 0) is 42.5 Å². The third kappa shape index (κ3) is 9.04. The van der Waals surface area contributed by atoms with Crippen LogP contribution in [-0.2, 0) is 6.42 Å². The van der Waals surface area contributed by atoms with E-state index in [1.165, 1.54) is 0 Å². The van der Waals surface area contributed by atoms with Gasteiger partial charge in [-0.1, -0.05) is 12.1 Å². The molecule has 0 unspecified atom stereocenters. The van der Waals surface area contributed by atoms with Crippen molar-refractivity contribution in [2.24, 2.45) is 4.99 Å². The molecule has 1 aromatic rings. The van der Waals surface area contributed by atoms with Crippen molar-refractivity contribution in [2.45, 2.75) is 12.8 Å². The Morgan fingerprint density at radius 1 is 1.26 bits per heavy atom. The van der Waals surface area contributed by atoms with Gasteiger partial charge in [0.2, 0.25) is 0 Å². The molecule has 5 nitrogen and oxygen atoms in total. The maximum Gasteiger partial charge on any atom is 0.251 e. The van der Waals surface area contributed by atoms with E-state index in [-0.39, 0.29) is 29.9 Å². The summed E-state index contributed by atoms with van der Waals surface area (Å²) >= 11 is 1.85. The van der Waals surface area contributed by atoms with Crippen molar-refractivity contribution >= 4 is 47.6 Å². The summed E-state index contributed by atoms with van der Waals surface area (Å²) in [5.74, 6) is 1.92. The summed E-state index contributed by atoms with van der Waals surface area (Å²) in [7, 11) is 3.42. The highest BCUT2D eigenvalue weighted by Gasteiger charge is 2.04. The number of amides is 1. The number of guanidine groups is 1. The van der Waals surface area contributed by atoms with Gasteiger partial charge in [0.25, 0.3) is 5.91 Å². The molecule has 0 aromatic heterocycles. The van der Waals surface area contributed by atoms with Gasteiger partial charge in [0.1, 0.15) is 0 Å². The van der Waals surface area contributed by atoms with Gasteiger partial charge in [-0.25, -0.2) is 0 Å². The van der Waals surface area contributed by atoms with Gasteiger partial charge in [-0.15, -0.1) is 24.0 Å². The van der Waals surface area contributed by atoms with Gasteiger partial charge in [0.05, 0.1) is 0 Å². The molecule has 0 atom stereocenters. The zero-order valence-corrected chi connectivity index (χ0v) is 17.2. The highest BCUT2D eigenvalue weighted by atomic mass is 127. The summed E-state index contributed by atoms with van der Waals surface area (Å²) < 4.78 is 0. The van der Waals surface area contributed by atoms with Crippen LogP contribution in [0.1, 0.15) is 22.3 Å². The van der Waals surface area contributed by atoms with Crippen molar-refractivity contribution in [3.63, 3.8) is 0 Å². The number of benzene rings is 1. The fraction of sp³-hybridized carbons (Fsp3) is 0.500. The van der Waals surface area contributed by atoms with Crippen LogP contribution in [0.5, 0.6) is 0 Å². The number of nitrogens with one attached hydrogen (secondary N) is 3. The lowest BCUT2D eigenvalue weighted by Crippen LogP contribution is -2.38. The average Bonchev–Trinajstić information content (AvgIpc) is 2.56. The van der Waals surface area contributed by atoms with Gasteiger partial charge in [0.15, 0.2) is 5.96 Å². The molecule has 1 aromatic carbocycles. The largest absolute Gasteiger partial charge is 0.356 e. The van der Waals surface area contributed by atoms with Crippen molar-refractivity contribution in [3.05, 3.63) is 35.4 Å². The van der Waals surface area contributed by atoms with Crippen molar-refractivity contribution < 1.29 is 4.79 Å². The predicted molar refractivity (Wildman–Crippen MR) is 111 cm³/mol. The van der Waals surface area contributed by atoms with Gasteiger partial charge in [0, 0.05) is 32.7 Å². The monoisotopic (exact) mass is 450 g/mol. The van der Waals surface area contributed by atoms with Crippen LogP contribution in [0.4, 0.5) is 0 Å². The van der Waals surface area contributed by atoms with E-state index in [0.29, 0.717) is 5.56 Å². The first-order chi connectivity index (χ1) is 10.7.